The molecule has 25 heavy (non-hydrogen) atoms. The molecule has 0 aliphatic rings. The molecule has 0 heterocycles. The number of benzene rings is 3. The average Bonchev–Trinajstić information content (AvgIpc) is 2.66. The number of rotatable bonds is 6. The number of nitrogens with zero attached hydrogens (tertiary/aromatic N) is 1. The quantitative estimate of drug-likeness (QED) is 0.546. The van der Waals surface area contributed by atoms with Crippen LogP contribution in [0.1, 0.15) is 18.1 Å². The molecular formula is C22H21NOS. The molecule has 1 amide bonds. The monoisotopic (exact) mass is 347 g/mol. The third-order valence-electron chi connectivity index (χ3n) is 3.96. The van der Waals surface area contributed by atoms with E-state index in [-0.39, 0.29) is 5.91 Å². The zero-order valence-corrected chi connectivity index (χ0v) is 15.1. The van der Waals surface area contributed by atoms with E-state index in [4.69, 9.17) is 0 Å². The number of amides is 1. The summed E-state index contributed by atoms with van der Waals surface area (Å²) in [6.07, 6.45) is 0. The molecule has 0 fully saturated rings. The van der Waals surface area contributed by atoms with Crippen molar-refractivity contribution in [1.29, 1.82) is 0 Å². The minimum atomic E-state index is 0.0524. The molecular weight excluding hydrogens is 326 g/mol. The van der Waals surface area contributed by atoms with E-state index >= 15 is 0 Å². The molecule has 0 aromatic heterocycles. The Kier molecular flexibility index (Phi) is 5.91. The second kappa shape index (κ2) is 8.54. The van der Waals surface area contributed by atoms with Gasteiger partial charge in [-0.25, -0.2) is 0 Å². The van der Waals surface area contributed by atoms with E-state index in [2.05, 4.69) is 42.5 Å². The van der Waals surface area contributed by atoms with E-state index in [0.29, 0.717) is 6.54 Å². The lowest BCUT2D eigenvalue weighted by atomic mass is 10.2. The summed E-state index contributed by atoms with van der Waals surface area (Å²) < 4.78 is 0. The van der Waals surface area contributed by atoms with Crippen molar-refractivity contribution < 1.29 is 4.79 Å². The predicted octanol–water partition coefficient (Wildman–Crippen LogP) is 5.53. The van der Waals surface area contributed by atoms with Gasteiger partial charge in [-0.05, 0) is 23.3 Å². The molecule has 3 rings (SSSR count). The third-order valence-corrected chi connectivity index (χ3v) is 5.09. The van der Waals surface area contributed by atoms with Crippen molar-refractivity contribution in [3.05, 3.63) is 96.1 Å². The van der Waals surface area contributed by atoms with Crippen LogP contribution in [0.2, 0.25) is 0 Å². The van der Waals surface area contributed by atoms with Gasteiger partial charge in [-0.3, -0.25) is 4.79 Å². The van der Waals surface area contributed by atoms with Crippen molar-refractivity contribution in [2.75, 3.05) is 4.90 Å². The highest BCUT2D eigenvalue weighted by Gasteiger charge is 2.16. The van der Waals surface area contributed by atoms with Gasteiger partial charge in [0.1, 0.15) is 0 Å². The second-order valence-electron chi connectivity index (χ2n) is 5.83. The van der Waals surface area contributed by atoms with Crippen molar-refractivity contribution >= 4 is 23.4 Å². The lowest BCUT2D eigenvalue weighted by Gasteiger charge is -2.24. The van der Waals surface area contributed by atoms with Crippen molar-refractivity contribution in [3.63, 3.8) is 0 Å². The van der Waals surface area contributed by atoms with E-state index in [9.17, 15) is 4.79 Å². The van der Waals surface area contributed by atoms with Gasteiger partial charge in [-0.15, -0.1) is 11.8 Å². The summed E-state index contributed by atoms with van der Waals surface area (Å²) >= 11 is 1.76. The average molecular weight is 347 g/mol. The van der Waals surface area contributed by atoms with E-state index in [0.717, 1.165) is 21.9 Å². The zero-order valence-electron chi connectivity index (χ0n) is 14.3. The zero-order chi connectivity index (χ0) is 17.5. The molecule has 0 saturated carbocycles. The predicted molar refractivity (Wildman–Crippen MR) is 106 cm³/mol. The van der Waals surface area contributed by atoms with Gasteiger partial charge in [0, 0.05) is 17.6 Å². The number of hydrogen-bond acceptors (Lipinski definition) is 2. The van der Waals surface area contributed by atoms with Crippen molar-refractivity contribution in [2.45, 2.75) is 24.1 Å². The van der Waals surface area contributed by atoms with Gasteiger partial charge in [-0.1, -0.05) is 72.8 Å². The van der Waals surface area contributed by atoms with Gasteiger partial charge < -0.3 is 4.90 Å². The minimum Gasteiger partial charge on any atom is -0.307 e. The molecule has 3 aromatic carbocycles. The Bertz CT molecular complexity index is 818. The summed E-state index contributed by atoms with van der Waals surface area (Å²) in [4.78, 5) is 15.3. The number of hydrogen-bond donors (Lipinski definition) is 0. The van der Waals surface area contributed by atoms with Gasteiger partial charge in [-0.2, -0.15) is 0 Å². The lowest BCUT2D eigenvalue weighted by molar-refractivity contribution is -0.116. The van der Waals surface area contributed by atoms with Crippen LogP contribution in [0.25, 0.3) is 0 Å². The molecule has 0 bridgehead atoms. The maximum Gasteiger partial charge on any atom is 0.224 e. The molecule has 0 aliphatic carbocycles. The molecule has 0 unspecified atom stereocenters. The highest BCUT2D eigenvalue weighted by atomic mass is 32.2. The van der Waals surface area contributed by atoms with Crippen molar-refractivity contribution in [2.24, 2.45) is 0 Å². The fourth-order valence-corrected chi connectivity index (χ4v) is 3.69. The molecule has 3 aromatic rings. The summed E-state index contributed by atoms with van der Waals surface area (Å²) in [5.41, 5.74) is 3.38. The van der Waals surface area contributed by atoms with Gasteiger partial charge in [0.05, 0.1) is 12.2 Å². The molecule has 0 radical (unpaired) electrons. The highest BCUT2D eigenvalue weighted by Crippen LogP contribution is 2.33. The van der Waals surface area contributed by atoms with E-state index in [1.165, 1.54) is 5.56 Å². The Morgan fingerprint density at radius 1 is 0.800 bits per heavy atom. The first-order valence-electron chi connectivity index (χ1n) is 8.32. The maximum atomic E-state index is 12.3. The van der Waals surface area contributed by atoms with Crippen molar-refractivity contribution in [3.8, 4) is 0 Å². The molecule has 0 spiro atoms. The van der Waals surface area contributed by atoms with Crippen LogP contribution in [0.4, 0.5) is 5.69 Å². The fraction of sp³-hybridized carbons (Fsp3) is 0.136. The van der Waals surface area contributed by atoms with Crippen LogP contribution in [-0.4, -0.2) is 5.91 Å². The number of carbonyl (C=O) groups excluding carboxylic acids is 1. The standard InChI is InChI=1S/C22H21NOS/c1-18(24)23(16-19-10-4-2-5-11-19)21-14-8-9-15-22(21)25-17-20-12-6-3-7-13-20/h2-15H,16-17H2,1H3. The van der Waals surface area contributed by atoms with E-state index in [1.54, 1.807) is 18.7 Å². The molecule has 0 saturated heterocycles. The SMILES string of the molecule is CC(=O)N(Cc1ccccc1)c1ccccc1SCc1ccccc1. The van der Waals surface area contributed by atoms with Gasteiger partial charge in [0.2, 0.25) is 5.91 Å². The van der Waals surface area contributed by atoms with Crippen LogP contribution in [0.5, 0.6) is 0 Å². The minimum absolute atomic E-state index is 0.0524. The van der Waals surface area contributed by atoms with Crippen LogP contribution in [0, 0.1) is 0 Å². The van der Waals surface area contributed by atoms with Crippen molar-refractivity contribution in [1.82, 2.24) is 0 Å². The molecule has 2 nitrogen and oxygen atoms in total. The van der Waals surface area contributed by atoms with Gasteiger partial charge in [0.15, 0.2) is 0 Å². The van der Waals surface area contributed by atoms with E-state index < -0.39 is 0 Å². The number of para-hydroxylation sites is 1. The summed E-state index contributed by atoms with van der Waals surface area (Å²) in [5.74, 6) is 0.936. The summed E-state index contributed by atoms with van der Waals surface area (Å²) in [7, 11) is 0. The summed E-state index contributed by atoms with van der Waals surface area (Å²) in [6.45, 7) is 2.21. The molecule has 3 heteroatoms. The highest BCUT2D eigenvalue weighted by molar-refractivity contribution is 7.98. The van der Waals surface area contributed by atoms with Crippen LogP contribution in [0.15, 0.2) is 89.8 Å². The maximum absolute atomic E-state index is 12.3. The van der Waals surface area contributed by atoms with Crippen LogP contribution in [0.3, 0.4) is 0 Å². The molecule has 0 atom stereocenters. The largest absolute Gasteiger partial charge is 0.307 e. The van der Waals surface area contributed by atoms with Crippen LogP contribution >= 0.6 is 11.8 Å². The Labute approximate surface area is 153 Å². The van der Waals surface area contributed by atoms with E-state index in [1.807, 2.05) is 47.4 Å². The number of thioether (sulfide) groups is 1. The second-order valence-corrected chi connectivity index (χ2v) is 6.85. The Morgan fingerprint density at radius 2 is 1.36 bits per heavy atom. The smallest absolute Gasteiger partial charge is 0.224 e. The fourth-order valence-electron chi connectivity index (χ4n) is 2.67. The number of carbonyl (C=O) groups is 1. The summed E-state index contributed by atoms with van der Waals surface area (Å²) in [5, 5.41) is 0. The third kappa shape index (κ3) is 4.74. The lowest BCUT2D eigenvalue weighted by Crippen LogP contribution is -2.28. The van der Waals surface area contributed by atoms with Gasteiger partial charge in [0.25, 0.3) is 0 Å². The van der Waals surface area contributed by atoms with Crippen LogP contribution < -0.4 is 4.90 Å². The number of anilines is 1. The first-order valence-corrected chi connectivity index (χ1v) is 9.30. The Hall–Kier alpha value is -2.52. The molecule has 0 aliphatic heterocycles. The molecule has 126 valence electrons. The normalized spacial score (nSPS) is 10.4. The molecule has 0 N–H and O–H groups in total. The Balaban J connectivity index is 1.82. The topological polar surface area (TPSA) is 20.3 Å². The van der Waals surface area contributed by atoms with Gasteiger partial charge >= 0.3 is 0 Å². The Morgan fingerprint density at radius 3 is 2.00 bits per heavy atom. The van der Waals surface area contributed by atoms with Crippen LogP contribution in [-0.2, 0) is 17.1 Å². The first-order chi connectivity index (χ1) is 12.2. The summed E-state index contributed by atoms with van der Waals surface area (Å²) in [6, 6.07) is 28.6. The first kappa shape index (κ1) is 17.3.